The van der Waals surface area contributed by atoms with Crippen molar-refractivity contribution in [2.45, 2.75) is 25.3 Å². The highest BCUT2D eigenvalue weighted by Gasteiger charge is 2.32. The van der Waals surface area contributed by atoms with E-state index in [-0.39, 0.29) is 5.91 Å². The highest BCUT2D eigenvalue weighted by Crippen LogP contribution is 2.35. The zero-order valence-electron chi connectivity index (χ0n) is 17.0. The number of fused-ring (bicyclic) bond motifs is 2. The van der Waals surface area contributed by atoms with Gasteiger partial charge in [0, 0.05) is 63.8 Å². The fraction of sp³-hybridized carbons (Fsp3) is 0.500. The number of piperazine rings is 1. The van der Waals surface area contributed by atoms with Crippen LogP contribution in [-0.4, -0.2) is 75.7 Å². The zero-order valence-corrected chi connectivity index (χ0v) is 17.9. The van der Waals surface area contributed by atoms with Crippen molar-refractivity contribution < 1.29 is 4.79 Å². The molecule has 2 fully saturated rings. The van der Waals surface area contributed by atoms with Gasteiger partial charge in [-0.2, -0.15) is 9.47 Å². The summed E-state index contributed by atoms with van der Waals surface area (Å²) in [5.74, 6) is 1.29. The number of amides is 1. The predicted molar refractivity (Wildman–Crippen MR) is 118 cm³/mol. The van der Waals surface area contributed by atoms with Gasteiger partial charge in [0.25, 0.3) is 5.91 Å². The third kappa shape index (κ3) is 3.28. The van der Waals surface area contributed by atoms with E-state index in [1.54, 1.807) is 11.5 Å². The summed E-state index contributed by atoms with van der Waals surface area (Å²) in [6.45, 7) is 6.52. The highest BCUT2D eigenvalue weighted by atomic mass is 32.1. The second-order valence-corrected chi connectivity index (χ2v) is 9.38. The van der Waals surface area contributed by atoms with Gasteiger partial charge in [-0.05, 0) is 36.5 Å². The van der Waals surface area contributed by atoms with Crippen molar-refractivity contribution in [2.24, 2.45) is 0 Å². The van der Waals surface area contributed by atoms with Crippen LogP contribution in [0.4, 0.5) is 5.82 Å². The van der Waals surface area contributed by atoms with Crippen molar-refractivity contribution >= 4 is 33.3 Å². The number of nitrogens with zero attached hydrogens (tertiary/aromatic N) is 6. The summed E-state index contributed by atoms with van der Waals surface area (Å²) in [4.78, 5) is 19.8. The quantitative estimate of drug-likeness (QED) is 0.633. The standard InChI is InChI=1S/C22H26N6OS/c29-22-18-15-28(16-5-6-16)23-19(18)7-8-27(22)14-11-25-9-12-26(13-10-25)21-17-3-1-2-4-20(17)30-24-21/h1-4,15-16H,5-14H2. The molecule has 7 nitrogen and oxygen atoms in total. The van der Waals surface area contributed by atoms with Crippen LogP contribution in [0.2, 0.25) is 0 Å². The maximum Gasteiger partial charge on any atom is 0.257 e. The van der Waals surface area contributed by atoms with Gasteiger partial charge < -0.3 is 9.80 Å². The summed E-state index contributed by atoms with van der Waals surface area (Å²) in [7, 11) is 0. The van der Waals surface area contributed by atoms with Crippen LogP contribution in [0.1, 0.15) is 34.9 Å². The lowest BCUT2D eigenvalue weighted by Gasteiger charge is -2.36. The van der Waals surface area contributed by atoms with Gasteiger partial charge in [-0.3, -0.25) is 14.4 Å². The molecular weight excluding hydrogens is 396 g/mol. The van der Waals surface area contributed by atoms with Crippen molar-refractivity contribution in [1.29, 1.82) is 0 Å². The van der Waals surface area contributed by atoms with Crippen LogP contribution in [0.15, 0.2) is 30.5 Å². The number of hydrogen-bond donors (Lipinski definition) is 0. The number of aromatic nitrogens is 3. The summed E-state index contributed by atoms with van der Waals surface area (Å²) in [6, 6.07) is 9.00. The Morgan fingerprint density at radius 3 is 2.70 bits per heavy atom. The van der Waals surface area contributed by atoms with Gasteiger partial charge in [0.05, 0.1) is 22.0 Å². The Balaban J connectivity index is 1.05. The average Bonchev–Trinajstić information content (AvgIpc) is 3.39. The largest absolute Gasteiger partial charge is 0.353 e. The van der Waals surface area contributed by atoms with E-state index < -0.39 is 0 Å². The molecule has 6 rings (SSSR count). The first-order chi connectivity index (χ1) is 14.8. The van der Waals surface area contributed by atoms with Crippen LogP contribution in [-0.2, 0) is 6.42 Å². The van der Waals surface area contributed by atoms with E-state index in [1.165, 1.54) is 22.9 Å². The first-order valence-corrected chi connectivity index (χ1v) is 11.7. The van der Waals surface area contributed by atoms with Crippen LogP contribution in [0.25, 0.3) is 10.1 Å². The molecule has 8 heteroatoms. The molecule has 0 unspecified atom stereocenters. The van der Waals surface area contributed by atoms with Crippen LogP contribution in [0.5, 0.6) is 0 Å². The molecular formula is C22H26N6OS. The summed E-state index contributed by atoms with van der Waals surface area (Å²) in [5, 5.41) is 5.91. The van der Waals surface area contributed by atoms with Gasteiger partial charge in [0.15, 0.2) is 0 Å². The SMILES string of the molecule is O=C1c2cn(C3CC3)nc2CCN1CCN1CCN(c2nsc3ccccc23)CC1. The molecule has 2 aromatic heterocycles. The number of rotatable bonds is 5. The third-order valence-electron chi connectivity index (χ3n) is 6.58. The molecule has 0 bridgehead atoms. The summed E-state index contributed by atoms with van der Waals surface area (Å²) in [5.41, 5.74) is 1.82. The second-order valence-electron chi connectivity index (χ2n) is 8.57. The fourth-order valence-electron chi connectivity index (χ4n) is 4.59. The molecule has 156 valence electrons. The summed E-state index contributed by atoms with van der Waals surface area (Å²) >= 11 is 1.58. The average molecular weight is 423 g/mol. The zero-order chi connectivity index (χ0) is 20.1. The third-order valence-corrected chi connectivity index (χ3v) is 7.40. The molecule has 1 saturated carbocycles. The lowest BCUT2D eigenvalue weighted by molar-refractivity contribution is 0.0716. The van der Waals surface area contributed by atoms with E-state index in [0.29, 0.717) is 6.04 Å². The molecule has 1 saturated heterocycles. The molecule has 2 aliphatic heterocycles. The van der Waals surface area contributed by atoms with Crippen LogP contribution in [0, 0.1) is 0 Å². The van der Waals surface area contributed by atoms with Gasteiger partial charge in [-0.1, -0.05) is 12.1 Å². The van der Waals surface area contributed by atoms with Crippen molar-refractivity contribution in [1.82, 2.24) is 24.0 Å². The minimum absolute atomic E-state index is 0.163. The van der Waals surface area contributed by atoms with Crippen LogP contribution < -0.4 is 4.90 Å². The smallest absolute Gasteiger partial charge is 0.257 e. The molecule has 0 radical (unpaired) electrons. The maximum absolute atomic E-state index is 12.9. The molecule has 0 N–H and O–H groups in total. The first-order valence-electron chi connectivity index (χ1n) is 11.0. The molecule has 3 aliphatic rings. The summed E-state index contributed by atoms with van der Waals surface area (Å²) < 4.78 is 7.98. The van der Waals surface area contributed by atoms with Gasteiger partial charge in [-0.15, -0.1) is 0 Å². The molecule has 30 heavy (non-hydrogen) atoms. The van der Waals surface area contributed by atoms with E-state index in [1.807, 2.05) is 15.8 Å². The number of carbonyl (C=O) groups is 1. The lowest BCUT2D eigenvalue weighted by atomic mass is 10.1. The van der Waals surface area contributed by atoms with E-state index in [2.05, 4.69) is 39.2 Å². The topological polar surface area (TPSA) is 57.5 Å². The van der Waals surface area contributed by atoms with Gasteiger partial charge in [-0.25, -0.2) is 0 Å². The minimum atomic E-state index is 0.163. The number of anilines is 1. The number of hydrogen-bond acceptors (Lipinski definition) is 6. The number of benzene rings is 1. The molecule has 0 atom stereocenters. The Morgan fingerprint density at radius 2 is 1.87 bits per heavy atom. The van der Waals surface area contributed by atoms with Crippen LogP contribution >= 0.6 is 11.5 Å². The normalized spacial score (nSPS) is 20.2. The molecule has 4 heterocycles. The van der Waals surface area contributed by atoms with Gasteiger partial charge >= 0.3 is 0 Å². The van der Waals surface area contributed by atoms with Crippen molar-refractivity contribution in [3.05, 3.63) is 41.7 Å². The molecule has 1 aromatic carbocycles. The van der Waals surface area contributed by atoms with Crippen molar-refractivity contribution in [3.63, 3.8) is 0 Å². The molecule has 0 spiro atoms. The van der Waals surface area contributed by atoms with E-state index >= 15 is 0 Å². The molecule has 3 aromatic rings. The van der Waals surface area contributed by atoms with Gasteiger partial charge in [0.2, 0.25) is 0 Å². The second kappa shape index (κ2) is 7.35. The van der Waals surface area contributed by atoms with E-state index in [4.69, 9.17) is 4.37 Å². The van der Waals surface area contributed by atoms with Crippen molar-refractivity contribution in [3.8, 4) is 0 Å². The summed E-state index contributed by atoms with van der Waals surface area (Å²) in [6.07, 6.45) is 5.26. The minimum Gasteiger partial charge on any atom is -0.353 e. The fourth-order valence-corrected chi connectivity index (χ4v) is 5.39. The predicted octanol–water partition coefficient (Wildman–Crippen LogP) is 2.65. The monoisotopic (exact) mass is 422 g/mol. The Morgan fingerprint density at radius 1 is 1.03 bits per heavy atom. The Kier molecular flexibility index (Phi) is 4.49. The maximum atomic E-state index is 12.9. The Bertz CT molecular complexity index is 1080. The van der Waals surface area contributed by atoms with E-state index in [9.17, 15) is 4.79 Å². The van der Waals surface area contributed by atoms with Crippen molar-refractivity contribution in [2.75, 3.05) is 50.7 Å². The van der Waals surface area contributed by atoms with E-state index in [0.717, 1.165) is 69.3 Å². The molecule has 1 amide bonds. The Hall–Kier alpha value is -2.45. The molecule has 1 aliphatic carbocycles. The van der Waals surface area contributed by atoms with Gasteiger partial charge in [0.1, 0.15) is 5.82 Å². The lowest BCUT2D eigenvalue weighted by Crippen LogP contribution is -2.49. The first kappa shape index (κ1) is 18.3. The highest BCUT2D eigenvalue weighted by molar-refractivity contribution is 7.13. The number of carbonyl (C=O) groups excluding carboxylic acids is 1. The Labute approximate surface area is 180 Å². The van der Waals surface area contributed by atoms with Crippen LogP contribution in [0.3, 0.4) is 0 Å².